The first-order valence-electron chi connectivity index (χ1n) is 11.9. The highest BCUT2D eigenvalue weighted by Gasteiger charge is 2.27. The average molecular weight is 480 g/mol. The fourth-order valence-corrected chi connectivity index (χ4v) is 4.14. The number of ether oxygens (including phenoxy) is 2. The molecule has 0 aliphatic rings. The van der Waals surface area contributed by atoms with E-state index in [0.717, 1.165) is 5.56 Å². The van der Waals surface area contributed by atoms with E-state index in [1.165, 1.54) is 0 Å². The third-order valence-corrected chi connectivity index (χ3v) is 5.85. The first-order valence-corrected chi connectivity index (χ1v) is 11.9. The summed E-state index contributed by atoms with van der Waals surface area (Å²) in [7, 11) is 1.55. The molecular formula is C27H33N3O5. The van der Waals surface area contributed by atoms with Gasteiger partial charge in [-0.25, -0.2) is 4.98 Å². The van der Waals surface area contributed by atoms with Gasteiger partial charge in [0.25, 0.3) is 5.56 Å². The summed E-state index contributed by atoms with van der Waals surface area (Å²) >= 11 is 0. The second-order valence-electron chi connectivity index (χ2n) is 8.37. The molecule has 1 unspecified atom stereocenters. The van der Waals surface area contributed by atoms with E-state index in [4.69, 9.17) is 14.5 Å². The van der Waals surface area contributed by atoms with Crippen LogP contribution >= 0.6 is 0 Å². The van der Waals surface area contributed by atoms with E-state index in [1.54, 1.807) is 41.7 Å². The molecule has 186 valence electrons. The number of aryl methyl sites for hydroxylation is 1. The minimum atomic E-state index is -0.535. The fourth-order valence-electron chi connectivity index (χ4n) is 4.14. The Labute approximate surface area is 205 Å². The summed E-state index contributed by atoms with van der Waals surface area (Å²) in [5, 5.41) is 0.475. The van der Waals surface area contributed by atoms with E-state index >= 15 is 0 Å². The van der Waals surface area contributed by atoms with Crippen molar-refractivity contribution in [2.45, 2.75) is 53.0 Å². The zero-order chi connectivity index (χ0) is 25.5. The number of fused-ring (bicyclic) bond motifs is 1. The second kappa shape index (κ2) is 11.6. The Balaban J connectivity index is 2.16. The zero-order valence-corrected chi connectivity index (χ0v) is 21.0. The lowest BCUT2D eigenvalue weighted by Gasteiger charge is -2.30. The molecule has 3 aromatic rings. The maximum Gasteiger partial charge on any atom is 0.306 e. The highest BCUT2D eigenvalue weighted by molar-refractivity contribution is 5.82. The predicted octanol–water partition coefficient (Wildman–Crippen LogP) is 4.35. The van der Waals surface area contributed by atoms with Crippen LogP contribution in [0.25, 0.3) is 16.6 Å². The second-order valence-corrected chi connectivity index (χ2v) is 8.37. The molecule has 0 aliphatic heterocycles. The summed E-state index contributed by atoms with van der Waals surface area (Å²) in [4.78, 5) is 45.3. The molecule has 1 heterocycles. The standard InChI is InChI=1S/C27H33N3O5/c1-6-16-29(24(31)14-15-25(32)35-7-2)19(4)26-28-21-11-9-8-10-20(21)27(33)30(26)22-17-18(3)12-13-23(22)34-5/h8-13,17,19H,6-7,14-16H2,1-5H3. The summed E-state index contributed by atoms with van der Waals surface area (Å²) < 4.78 is 12.1. The number of para-hydroxylation sites is 1. The molecule has 0 aliphatic carbocycles. The summed E-state index contributed by atoms with van der Waals surface area (Å²) in [6, 6.07) is 12.2. The number of methoxy groups -OCH3 is 1. The lowest BCUT2D eigenvalue weighted by Crippen LogP contribution is -2.38. The van der Waals surface area contributed by atoms with Gasteiger partial charge in [0.1, 0.15) is 11.6 Å². The van der Waals surface area contributed by atoms with E-state index in [0.29, 0.717) is 41.1 Å². The smallest absolute Gasteiger partial charge is 0.306 e. The first kappa shape index (κ1) is 25.9. The van der Waals surface area contributed by atoms with Gasteiger partial charge in [0.15, 0.2) is 0 Å². The number of rotatable bonds is 10. The van der Waals surface area contributed by atoms with E-state index < -0.39 is 12.0 Å². The number of benzene rings is 2. The maximum atomic E-state index is 13.8. The highest BCUT2D eigenvalue weighted by atomic mass is 16.5. The predicted molar refractivity (Wildman–Crippen MR) is 135 cm³/mol. The van der Waals surface area contributed by atoms with E-state index in [2.05, 4.69) is 0 Å². The van der Waals surface area contributed by atoms with E-state index in [1.807, 2.05) is 45.0 Å². The van der Waals surface area contributed by atoms with Gasteiger partial charge in [0.05, 0.1) is 42.8 Å². The molecule has 0 N–H and O–H groups in total. The van der Waals surface area contributed by atoms with Crippen molar-refractivity contribution < 1.29 is 19.1 Å². The van der Waals surface area contributed by atoms with Gasteiger partial charge in [0, 0.05) is 13.0 Å². The van der Waals surface area contributed by atoms with Gasteiger partial charge in [-0.3, -0.25) is 19.0 Å². The van der Waals surface area contributed by atoms with Gasteiger partial charge < -0.3 is 14.4 Å². The number of carbonyl (C=O) groups is 2. The van der Waals surface area contributed by atoms with Gasteiger partial charge in [0.2, 0.25) is 5.91 Å². The highest BCUT2D eigenvalue weighted by Crippen LogP contribution is 2.29. The summed E-state index contributed by atoms with van der Waals surface area (Å²) in [5.74, 6) is 0.349. The minimum Gasteiger partial charge on any atom is -0.495 e. The monoisotopic (exact) mass is 479 g/mol. The van der Waals surface area contributed by atoms with Crippen molar-refractivity contribution in [3.8, 4) is 11.4 Å². The van der Waals surface area contributed by atoms with Crippen LogP contribution in [0.2, 0.25) is 0 Å². The van der Waals surface area contributed by atoms with Crippen molar-refractivity contribution in [1.82, 2.24) is 14.5 Å². The van der Waals surface area contributed by atoms with Crippen molar-refractivity contribution in [3.63, 3.8) is 0 Å². The van der Waals surface area contributed by atoms with Gasteiger partial charge in [-0.1, -0.05) is 25.1 Å². The molecule has 3 rings (SSSR count). The van der Waals surface area contributed by atoms with Crippen LogP contribution < -0.4 is 10.3 Å². The molecule has 0 fully saturated rings. The number of nitrogens with zero attached hydrogens (tertiary/aromatic N) is 3. The van der Waals surface area contributed by atoms with Crippen LogP contribution in [-0.2, 0) is 14.3 Å². The quantitative estimate of drug-likeness (QED) is 0.402. The van der Waals surface area contributed by atoms with Crippen LogP contribution in [0.4, 0.5) is 0 Å². The van der Waals surface area contributed by atoms with Gasteiger partial charge >= 0.3 is 5.97 Å². The topological polar surface area (TPSA) is 90.7 Å². The van der Waals surface area contributed by atoms with E-state index in [-0.39, 0.29) is 30.9 Å². The van der Waals surface area contributed by atoms with Gasteiger partial charge in [-0.05, 0) is 57.0 Å². The molecule has 8 heteroatoms. The number of aromatic nitrogens is 2. The van der Waals surface area contributed by atoms with E-state index in [9.17, 15) is 14.4 Å². The van der Waals surface area contributed by atoms with Crippen molar-refractivity contribution >= 4 is 22.8 Å². The Morgan fingerprint density at radius 1 is 1.11 bits per heavy atom. The van der Waals surface area contributed by atoms with Crippen LogP contribution in [0.1, 0.15) is 57.5 Å². The molecule has 0 spiro atoms. The van der Waals surface area contributed by atoms with Gasteiger partial charge in [-0.15, -0.1) is 0 Å². The molecule has 8 nitrogen and oxygen atoms in total. The van der Waals surface area contributed by atoms with Crippen LogP contribution in [0.15, 0.2) is 47.3 Å². The first-order chi connectivity index (χ1) is 16.8. The third kappa shape index (κ3) is 5.70. The normalized spacial score (nSPS) is 11.8. The third-order valence-electron chi connectivity index (χ3n) is 5.85. The van der Waals surface area contributed by atoms with Crippen LogP contribution in [0.3, 0.4) is 0 Å². The molecule has 0 bridgehead atoms. The lowest BCUT2D eigenvalue weighted by atomic mass is 10.1. The fraction of sp³-hybridized carbons (Fsp3) is 0.407. The molecule has 1 amide bonds. The van der Waals surface area contributed by atoms with Crippen LogP contribution in [0, 0.1) is 6.92 Å². The number of hydrogen-bond donors (Lipinski definition) is 0. The molecule has 0 saturated carbocycles. The Morgan fingerprint density at radius 2 is 1.86 bits per heavy atom. The lowest BCUT2D eigenvalue weighted by molar-refractivity contribution is -0.146. The molecule has 35 heavy (non-hydrogen) atoms. The van der Waals surface area contributed by atoms with Crippen LogP contribution in [0.5, 0.6) is 5.75 Å². The number of esters is 1. The Bertz CT molecular complexity index is 1270. The molecular weight excluding hydrogens is 446 g/mol. The van der Waals surface area contributed by atoms with Gasteiger partial charge in [-0.2, -0.15) is 0 Å². The molecule has 0 radical (unpaired) electrons. The average Bonchev–Trinajstić information content (AvgIpc) is 2.85. The van der Waals surface area contributed by atoms with Crippen molar-refractivity contribution in [3.05, 3.63) is 64.2 Å². The molecule has 1 aromatic heterocycles. The maximum absolute atomic E-state index is 13.8. The van der Waals surface area contributed by atoms with Crippen molar-refractivity contribution in [1.29, 1.82) is 0 Å². The molecule has 2 aromatic carbocycles. The van der Waals surface area contributed by atoms with Crippen molar-refractivity contribution in [2.75, 3.05) is 20.3 Å². The number of hydrogen-bond acceptors (Lipinski definition) is 6. The molecule has 0 saturated heterocycles. The van der Waals surface area contributed by atoms with Crippen LogP contribution in [-0.4, -0.2) is 46.6 Å². The number of amides is 1. The number of carbonyl (C=O) groups excluding carboxylic acids is 2. The summed E-state index contributed by atoms with van der Waals surface area (Å²) in [6.45, 7) is 8.23. The summed E-state index contributed by atoms with van der Waals surface area (Å²) in [5.41, 5.74) is 1.83. The minimum absolute atomic E-state index is 0.00324. The largest absolute Gasteiger partial charge is 0.495 e. The molecule has 1 atom stereocenters. The Hall–Kier alpha value is -3.68. The zero-order valence-electron chi connectivity index (χ0n) is 21.0. The SMILES string of the molecule is CCCN(C(=O)CCC(=O)OCC)C(C)c1nc2ccccc2c(=O)n1-c1cc(C)ccc1OC. The Kier molecular flexibility index (Phi) is 8.63. The van der Waals surface area contributed by atoms with Crippen molar-refractivity contribution in [2.24, 2.45) is 0 Å². The summed E-state index contributed by atoms with van der Waals surface area (Å²) in [6.07, 6.45) is 0.735. The Morgan fingerprint density at radius 3 is 2.54 bits per heavy atom.